The van der Waals surface area contributed by atoms with Gasteiger partial charge in [0.15, 0.2) is 0 Å². The molecule has 0 saturated heterocycles. The standard InChI is InChI=1S/C12H14ClN3O2S2/c1-2-7-14-11-5-3-9(8-15-11)16-20(17,18)12-6-4-10(13)19-12/h3-6,8,16H,2,7H2,1H3,(H,14,15). The van der Waals surface area contributed by atoms with Gasteiger partial charge in [-0.3, -0.25) is 4.72 Å². The molecule has 0 spiro atoms. The zero-order chi connectivity index (χ0) is 14.6. The van der Waals surface area contributed by atoms with Gasteiger partial charge in [-0.1, -0.05) is 18.5 Å². The molecule has 0 radical (unpaired) electrons. The van der Waals surface area contributed by atoms with Crippen LogP contribution in [0, 0.1) is 0 Å². The van der Waals surface area contributed by atoms with Gasteiger partial charge in [0.25, 0.3) is 10.0 Å². The van der Waals surface area contributed by atoms with Crippen molar-refractivity contribution in [3.05, 3.63) is 34.8 Å². The summed E-state index contributed by atoms with van der Waals surface area (Å²) < 4.78 is 27.2. The van der Waals surface area contributed by atoms with Gasteiger partial charge in [-0.25, -0.2) is 13.4 Å². The van der Waals surface area contributed by atoms with Gasteiger partial charge in [0, 0.05) is 6.54 Å². The van der Waals surface area contributed by atoms with Gasteiger partial charge in [0.1, 0.15) is 10.0 Å². The number of anilines is 2. The first-order valence-corrected chi connectivity index (χ1v) is 8.67. The van der Waals surface area contributed by atoms with Crippen molar-refractivity contribution in [2.24, 2.45) is 0 Å². The Balaban J connectivity index is 2.09. The number of thiophene rings is 1. The lowest BCUT2D eigenvalue weighted by Crippen LogP contribution is -2.11. The second kappa shape index (κ2) is 6.43. The lowest BCUT2D eigenvalue weighted by molar-refractivity contribution is 0.603. The van der Waals surface area contributed by atoms with Crippen LogP contribution >= 0.6 is 22.9 Å². The van der Waals surface area contributed by atoms with Crippen LogP contribution in [0.5, 0.6) is 0 Å². The summed E-state index contributed by atoms with van der Waals surface area (Å²) in [4.78, 5) is 4.14. The number of hydrogen-bond donors (Lipinski definition) is 2. The van der Waals surface area contributed by atoms with Crippen molar-refractivity contribution in [3.63, 3.8) is 0 Å². The van der Waals surface area contributed by atoms with Crippen molar-refractivity contribution >= 4 is 44.5 Å². The fourth-order valence-electron chi connectivity index (χ4n) is 1.46. The largest absolute Gasteiger partial charge is 0.370 e. The molecule has 0 aliphatic carbocycles. The highest BCUT2D eigenvalue weighted by Crippen LogP contribution is 2.27. The van der Waals surface area contributed by atoms with Gasteiger partial charge in [-0.15, -0.1) is 11.3 Å². The molecule has 2 rings (SSSR count). The quantitative estimate of drug-likeness (QED) is 0.850. The smallest absolute Gasteiger partial charge is 0.271 e. The first-order valence-electron chi connectivity index (χ1n) is 5.99. The minimum absolute atomic E-state index is 0.177. The lowest BCUT2D eigenvalue weighted by Gasteiger charge is -2.07. The number of sulfonamides is 1. The van der Waals surface area contributed by atoms with Gasteiger partial charge in [0.05, 0.1) is 16.2 Å². The normalized spacial score (nSPS) is 11.3. The summed E-state index contributed by atoms with van der Waals surface area (Å²) in [5, 5.41) is 3.12. The van der Waals surface area contributed by atoms with E-state index in [-0.39, 0.29) is 4.21 Å². The number of nitrogens with zero attached hydrogens (tertiary/aromatic N) is 1. The SMILES string of the molecule is CCCNc1ccc(NS(=O)(=O)c2ccc(Cl)s2)cn1. The monoisotopic (exact) mass is 331 g/mol. The van der Waals surface area contributed by atoms with Crippen molar-refractivity contribution in [2.45, 2.75) is 17.6 Å². The summed E-state index contributed by atoms with van der Waals surface area (Å²) in [7, 11) is -3.60. The summed E-state index contributed by atoms with van der Waals surface area (Å²) in [6.07, 6.45) is 2.47. The van der Waals surface area contributed by atoms with E-state index < -0.39 is 10.0 Å². The Morgan fingerprint density at radius 1 is 1.30 bits per heavy atom. The Bertz CT molecular complexity index is 668. The molecule has 5 nitrogen and oxygen atoms in total. The second-order valence-corrected chi connectivity index (χ2v) is 7.65. The summed E-state index contributed by atoms with van der Waals surface area (Å²) in [6, 6.07) is 6.42. The average molecular weight is 332 g/mol. The molecule has 0 aliphatic rings. The molecular weight excluding hydrogens is 318 g/mol. The van der Waals surface area contributed by atoms with E-state index in [1.807, 2.05) is 0 Å². The van der Waals surface area contributed by atoms with E-state index in [0.717, 1.165) is 24.3 Å². The van der Waals surface area contributed by atoms with Crippen LogP contribution in [0.25, 0.3) is 0 Å². The summed E-state index contributed by atoms with van der Waals surface area (Å²) in [5.74, 6) is 0.717. The number of hydrogen-bond acceptors (Lipinski definition) is 5. The van der Waals surface area contributed by atoms with Crippen LogP contribution in [0.1, 0.15) is 13.3 Å². The van der Waals surface area contributed by atoms with Gasteiger partial charge < -0.3 is 5.32 Å². The van der Waals surface area contributed by atoms with Gasteiger partial charge in [-0.2, -0.15) is 0 Å². The van der Waals surface area contributed by atoms with Crippen LogP contribution in [0.15, 0.2) is 34.7 Å². The summed E-state index contributed by atoms with van der Waals surface area (Å²) >= 11 is 6.75. The predicted octanol–water partition coefficient (Wildman–Crippen LogP) is 3.42. The van der Waals surface area contributed by atoms with E-state index >= 15 is 0 Å². The Labute approximate surface area is 127 Å². The maximum atomic E-state index is 12.1. The molecule has 2 heterocycles. The Morgan fingerprint density at radius 3 is 2.65 bits per heavy atom. The number of rotatable bonds is 6. The van der Waals surface area contributed by atoms with Crippen LogP contribution in [-0.4, -0.2) is 19.9 Å². The van der Waals surface area contributed by atoms with E-state index in [4.69, 9.17) is 11.6 Å². The second-order valence-electron chi connectivity index (χ2n) is 4.02. The topological polar surface area (TPSA) is 71.1 Å². The van der Waals surface area contributed by atoms with Crippen LogP contribution in [0.2, 0.25) is 4.34 Å². The van der Waals surface area contributed by atoms with Crippen LogP contribution < -0.4 is 10.0 Å². The summed E-state index contributed by atoms with van der Waals surface area (Å²) in [6.45, 7) is 2.88. The van der Waals surface area contributed by atoms with Gasteiger partial charge >= 0.3 is 0 Å². The molecule has 0 aliphatic heterocycles. The Hall–Kier alpha value is -1.31. The van der Waals surface area contributed by atoms with Crippen molar-refractivity contribution in [2.75, 3.05) is 16.6 Å². The van der Waals surface area contributed by atoms with Gasteiger partial charge in [0.2, 0.25) is 0 Å². The zero-order valence-corrected chi connectivity index (χ0v) is 13.1. The number of pyridine rings is 1. The number of halogens is 1. The van der Waals surface area contributed by atoms with Crippen LogP contribution in [0.4, 0.5) is 11.5 Å². The molecule has 0 unspecified atom stereocenters. The third kappa shape index (κ3) is 3.84. The molecule has 0 saturated carbocycles. The van der Waals surface area contributed by atoms with Crippen molar-refractivity contribution in [1.82, 2.24) is 4.98 Å². The highest BCUT2D eigenvalue weighted by atomic mass is 35.5. The van der Waals surface area contributed by atoms with Crippen LogP contribution in [0.3, 0.4) is 0 Å². The van der Waals surface area contributed by atoms with E-state index in [2.05, 4.69) is 21.9 Å². The molecule has 0 bridgehead atoms. The minimum Gasteiger partial charge on any atom is -0.370 e. The van der Waals surface area contributed by atoms with Crippen molar-refractivity contribution in [3.8, 4) is 0 Å². The molecular formula is C12H14ClN3O2S2. The molecule has 2 N–H and O–H groups in total. The van der Waals surface area contributed by atoms with E-state index in [0.29, 0.717) is 15.8 Å². The van der Waals surface area contributed by atoms with E-state index in [9.17, 15) is 8.42 Å². The Kier molecular flexibility index (Phi) is 4.85. The lowest BCUT2D eigenvalue weighted by atomic mass is 10.4. The van der Waals surface area contributed by atoms with Crippen molar-refractivity contribution < 1.29 is 8.42 Å². The minimum atomic E-state index is -3.60. The van der Waals surface area contributed by atoms with Crippen molar-refractivity contribution in [1.29, 1.82) is 0 Å². The molecule has 0 amide bonds. The zero-order valence-electron chi connectivity index (χ0n) is 10.8. The molecule has 20 heavy (non-hydrogen) atoms. The highest BCUT2D eigenvalue weighted by molar-refractivity contribution is 7.94. The fraction of sp³-hybridized carbons (Fsp3) is 0.250. The number of nitrogens with one attached hydrogen (secondary N) is 2. The van der Waals surface area contributed by atoms with E-state index in [1.165, 1.54) is 12.3 Å². The molecule has 2 aromatic heterocycles. The first kappa shape index (κ1) is 15.1. The summed E-state index contributed by atoms with van der Waals surface area (Å²) in [5.41, 5.74) is 0.413. The predicted molar refractivity (Wildman–Crippen MR) is 83.2 cm³/mol. The van der Waals surface area contributed by atoms with E-state index in [1.54, 1.807) is 18.2 Å². The maximum Gasteiger partial charge on any atom is 0.271 e. The molecule has 2 aromatic rings. The number of aromatic nitrogens is 1. The molecule has 0 atom stereocenters. The highest BCUT2D eigenvalue weighted by Gasteiger charge is 2.16. The molecule has 0 aromatic carbocycles. The average Bonchev–Trinajstić information content (AvgIpc) is 2.85. The Morgan fingerprint density at radius 2 is 2.10 bits per heavy atom. The maximum absolute atomic E-state index is 12.1. The molecule has 8 heteroatoms. The first-order chi connectivity index (χ1) is 9.51. The molecule has 0 fully saturated rings. The fourth-order valence-corrected chi connectivity index (χ4v) is 3.99. The van der Waals surface area contributed by atoms with Crippen LogP contribution in [-0.2, 0) is 10.0 Å². The molecule has 108 valence electrons. The van der Waals surface area contributed by atoms with Gasteiger partial charge in [-0.05, 0) is 30.7 Å². The third-order valence-electron chi connectivity index (χ3n) is 2.39. The third-order valence-corrected chi connectivity index (χ3v) is 5.49.